The minimum absolute atomic E-state index is 0.00201. The predicted molar refractivity (Wildman–Crippen MR) is 109 cm³/mol. The standard InChI is InChI=1S/C21H27N5O4/c1-24-21(28)26(16-3-4-16)20(23-24)15-6-8-25(9-7-15)12-19(27)22-11-14-2-5-17-18(10-14)30-13-29-17/h2,5,10,15-16H,3-4,6-9,11-13H2,1H3,(H,22,27). The van der Waals surface area contributed by atoms with Crippen molar-refractivity contribution in [1.82, 2.24) is 24.6 Å². The molecule has 160 valence electrons. The van der Waals surface area contributed by atoms with Gasteiger partial charge in [-0.25, -0.2) is 9.48 Å². The number of carbonyl (C=O) groups excluding carboxylic acids is 1. The minimum atomic E-state index is -0.00201. The Balaban J connectivity index is 1.12. The maximum absolute atomic E-state index is 12.4. The number of fused-ring (bicyclic) bond motifs is 1. The van der Waals surface area contributed by atoms with Gasteiger partial charge in [0, 0.05) is 25.6 Å². The highest BCUT2D eigenvalue weighted by Gasteiger charge is 2.33. The van der Waals surface area contributed by atoms with Gasteiger partial charge in [0.15, 0.2) is 11.5 Å². The van der Waals surface area contributed by atoms with Crippen molar-refractivity contribution in [1.29, 1.82) is 0 Å². The number of piperidine rings is 1. The normalized spacial score (nSPS) is 19.2. The first-order valence-corrected chi connectivity index (χ1v) is 10.6. The molecule has 2 fully saturated rings. The fourth-order valence-electron chi connectivity index (χ4n) is 4.31. The number of likely N-dealkylation sites (tertiary alicyclic amines) is 1. The molecule has 1 N–H and O–H groups in total. The largest absolute Gasteiger partial charge is 0.454 e. The van der Waals surface area contributed by atoms with E-state index in [2.05, 4.69) is 15.3 Å². The van der Waals surface area contributed by atoms with Gasteiger partial charge in [0.05, 0.1) is 6.54 Å². The summed E-state index contributed by atoms with van der Waals surface area (Å²) in [7, 11) is 1.73. The Morgan fingerprint density at radius 1 is 1.17 bits per heavy atom. The Labute approximate surface area is 174 Å². The monoisotopic (exact) mass is 413 g/mol. The van der Waals surface area contributed by atoms with Gasteiger partial charge in [-0.15, -0.1) is 0 Å². The van der Waals surface area contributed by atoms with E-state index in [-0.39, 0.29) is 24.3 Å². The van der Waals surface area contributed by atoms with E-state index in [1.54, 1.807) is 7.05 Å². The third kappa shape index (κ3) is 3.81. The fourth-order valence-corrected chi connectivity index (χ4v) is 4.31. The van der Waals surface area contributed by atoms with E-state index in [4.69, 9.17) is 9.47 Å². The zero-order chi connectivity index (χ0) is 20.7. The quantitative estimate of drug-likeness (QED) is 0.764. The van der Waals surface area contributed by atoms with E-state index in [0.29, 0.717) is 19.1 Å². The number of rotatable bonds is 6. The number of amides is 1. The third-order valence-corrected chi connectivity index (χ3v) is 6.14. The summed E-state index contributed by atoms with van der Waals surface area (Å²) < 4.78 is 14.1. The molecular formula is C21H27N5O4. The molecule has 1 aliphatic carbocycles. The molecule has 1 saturated heterocycles. The molecule has 5 rings (SSSR count). The SMILES string of the molecule is Cn1nc(C2CCN(CC(=O)NCc3ccc4c(c3)OCO4)CC2)n(C2CC2)c1=O. The molecule has 1 aromatic heterocycles. The second-order valence-corrected chi connectivity index (χ2v) is 8.38. The number of benzene rings is 1. The molecule has 9 heteroatoms. The van der Waals surface area contributed by atoms with Crippen molar-refractivity contribution in [3.8, 4) is 11.5 Å². The minimum Gasteiger partial charge on any atom is -0.454 e. The van der Waals surface area contributed by atoms with Gasteiger partial charge in [0.1, 0.15) is 5.82 Å². The van der Waals surface area contributed by atoms with E-state index in [9.17, 15) is 9.59 Å². The van der Waals surface area contributed by atoms with Gasteiger partial charge < -0.3 is 14.8 Å². The summed E-state index contributed by atoms with van der Waals surface area (Å²) in [5, 5.41) is 7.50. The number of aryl methyl sites for hydroxylation is 1. The molecule has 30 heavy (non-hydrogen) atoms. The van der Waals surface area contributed by atoms with E-state index < -0.39 is 0 Å². The van der Waals surface area contributed by atoms with Crippen LogP contribution in [0.1, 0.15) is 49.0 Å². The third-order valence-electron chi connectivity index (χ3n) is 6.14. The van der Waals surface area contributed by atoms with Crippen LogP contribution in [0.25, 0.3) is 0 Å². The van der Waals surface area contributed by atoms with E-state index in [0.717, 1.165) is 61.7 Å². The summed E-state index contributed by atoms with van der Waals surface area (Å²) >= 11 is 0. The first-order chi connectivity index (χ1) is 14.6. The number of nitrogens with one attached hydrogen (secondary N) is 1. The van der Waals surface area contributed by atoms with Crippen LogP contribution in [0.3, 0.4) is 0 Å². The van der Waals surface area contributed by atoms with Gasteiger partial charge in [0.2, 0.25) is 12.7 Å². The molecule has 0 atom stereocenters. The van der Waals surface area contributed by atoms with Crippen molar-refractivity contribution in [2.75, 3.05) is 26.4 Å². The van der Waals surface area contributed by atoms with Gasteiger partial charge in [-0.1, -0.05) is 6.07 Å². The smallest absolute Gasteiger partial charge is 0.345 e. The molecule has 2 aliphatic heterocycles. The number of carbonyl (C=O) groups is 1. The lowest BCUT2D eigenvalue weighted by Crippen LogP contribution is -2.41. The van der Waals surface area contributed by atoms with Crippen LogP contribution in [-0.2, 0) is 18.4 Å². The number of nitrogens with zero attached hydrogens (tertiary/aromatic N) is 4. The average Bonchev–Trinajstić information content (AvgIpc) is 3.39. The molecule has 2 aromatic rings. The summed E-state index contributed by atoms with van der Waals surface area (Å²) in [5.74, 6) is 2.69. The average molecular weight is 413 g/mol. The number of aromatic nitrogens is 3. The molecule has 0 unspecified atom stereocenters. The number of hydrogen-bond donors (Lipinski definition) is 1. The lowest BCUT2D eigenvalue weighted by Gasteiger charge is -2.31. The Morgan fingerprint density at radius 3 is 2.70 bits per heavy atom. The summed E-state index contributed by atoms with van der Waals surface area (Å²) in [4.78, 5) is 26.9. The molecule has 0 bridgehead atoms. The topological polar surface area (TPSA) is 90.6 Å². The molecule has 1 saturated carbocycles. The van der Waals surface area contributed by atoms with Gasteiger partial charge in [-0.05, 0) is 56.5 Å². The zero-order valence-electron chi connectivity index (χ0n) is 17.2. The Hall–Kier alpha value is -2.81. The molecule has 0 radical (unpaired) electrons. The van der Waals surface area contributed by atoms with Crippen LogP contribution in [0.5, 0.6) is 11.5 Å². The Bertz CT molecular complexity index is 1000. The summed E-state index contributed by atoms with van der Waals surface area (Å²) in [6.07, 6.45) is 3.97. The van der Waals surface area contributed by atoms with Crippen LogP contribution in [0.15, 0.2) is 23.0 Å². The maximum atomic E-state index is 12.4. The molecule has 1 amide bonds. The highest BCUT2D eigenvalue weighted by atomic mass is 16.7. The highest BCUT2D eigenvalue weighted by Crippen LogP contribution is 2.37. The summed E-state index contributed by atoms with van der Waals surface area (Å²) in [6.45, 7) is 2.76. The zero-order valence-corrected chi connectivity index (χ0v) is 17.2. The van der Waals surface area contributed by atoms with Gasteiger partial charge in [-0.3, -0.25) is 14.3 Å². The molecule has 0 spiro atoms. The van der Waals surface area contributed by atoms with Gasteiger partial charge in [-0.2, -0.15) is 5.10 Å². The second-order valence-electron chi connectivity index (χ2n) is 8.38. The maximum Gasteiger partial charge on any atom is 0.345 e. The van der Waals surface area contributed by atoms with Crippen LogP contribution in [0.4, 0.5) is 0 Å². The molecule has 3 aliphatic rings. The van der Waals surface area contributed by atoms with E-state index in [1.807, 2.05) is 22.8 Å². The van der Waals surface area contributed by atoms with Crippen LogP contribution < -0.4 is 20.5 Å². The van der Waals surface area contributed by atoms with Crippen molar-refractivity contribution in [2.24, 2.45) is 7.05 Å². The van der Waals surface area contributed by atoms with Crippen molar-refractivity contribution in [3.05, 3.63) is 40.1 Å². The summed E-state index contributed by atoms with van der Waals surface area (Å²) in [6, 6.07) is 6.04. The molecule has 3 heterocycles. The van der Waals surface area contributed by atoms with Crippen molar-refractivity contribution in [2.45, 2.75) is 44.2 Å². The Morgan fingerprint density at radius 2 is 1.93 bits per heavy atom. The number of ether oxygens (including phenoxy) is 2. The summed E-state index contributed by atoms with van der Waals surface area (Å²) in [5.41, 5.74) is 0.984. The molecule has 1 aromatic carbocycles. The van der Waals surface area contributed by atoms with Crippen molar-refractivity contribution in [3.63, 3.8) is 0 Å². The van der Waals surface area contributed by atoms with Crippen LogP contribution in [0.2, 0.25) is 0 Å². The molecular weight excluding hydrogens is 386 g/mol. The van der Waals surface area contributed by atoms with Gasteiger partial charge in [0.25, 0.3) is 0 Å². The van der Waals surface area contributed by atoms with Crippen molar-refractivity contribution < 1.29 is 14.3 Å². The van der Waals surface area contributed by atoms with E-state index in [1.165, 1.54) is 4.68 Å². The number of hydrogen-bond acceptors (Lipinski definition) is 6. The fraction of sp³-hybridized carbons (Fsp3) is 0.571. The predicted octanol–water partition coefficient (Wildman–Crippen LogP) is 1.14. The van der Waals surface area contributed by atoms with Gasteiger partial charge >= 0.3 is 5.69 Å². The van der Waals surface area contributed by atoms with Crippen molar-refractivity contribution >= 4 is 5.91 Å². The second kappa shape index (κ2) is 7.79. The van der Waals surface area contributed by atoms with Crippen LogP contribution >= 0.6 is 0 Å². The van der Waals surface area contributed by atoms with Crippen LogP contribution in [0, 0.1) is 0 Å². The van der Waals surface area contributed by atoms with Crippen LogP contribution in [-0.4, -0.2) is 51.6 Å². The lowest BCUT2D eigenvalue weighted by molar-refractivity contribution is -0.122. The first kappa shape index (κ1) is 19.2. The highest BCUT2D eigenvalue weighted by molar-refractivity contribution is 5.78. The Kier molecular flexibility index (Phi) is 4.98. The van der Waals surface area contributed by atoms with E-state index >= 15 is 0 Å². The lowest BCUT2D eigenvalue weighted by atomic mass is 9.96. The molecule has 9 nitrogen and oxygen atoms in total. The first-order valence-electron chi connectivity index (χ1n) is 10.6.